The fourth-order valence-corrected chi connectivity index (χ4v) is 6.00. The number of benzene rings is 5. The Morgan fingerprint density at radius 2 is 1.54 bits per heavy atom. The number of carbonyl (C=O) groups excluding carboxylic acids is 1. The molecule has 1 saturated heterocycles. The molecule has 7 nitrogen and oxygen atoms in total. The number of rotatable bonds is 10. The van der Waals surface area contributed by atoms with Crippen molar-refractivity contribution in [1.82, 2.24) is 4.90 Å². The van der Waals surface area contributed by atoms with Gasteiger partial charge in [-0.25, -0.2) is 4.79 Å². The molecule has 2 N–H and O–H groups in total. The van der Waals surface area contributed by atoms with Crippen LogP contribution in [-0.4, -0.2) is 51.3 Å². The van der Waals surface area contributed by atoms with Crippen LogP contribution in [-0.2, 0) is 39.0 Å². The van der Waals surface area contributed by atoms with Gasteiger partial charge in [0.05, 0.1) is 17.7 Å². The van der Waals surface area contributed by atoms with Crippen molar-refractivity contribution in [1.29, 1.82) is 0 Å². The minimum absolute atomic E-state index is 0. The molecule has 46 heavy (non-hydrogen) atoms. The number of carboxylic acids is 1. The second-order valence-electron chi connectivity index (χ2n) is 11.3. The van der Waals surface area contributed by atoms with Gasteiger partial charge in [0, 0.05) is 35.0 Å². The zero-order valence-electron chi connectivity index (χ0n) is 25.1. The van der Waals surface area contributed by atoms with Crippen LogP contribution in [0, 0.1) is 0 Å². The number of para-hydroxylation sites is 1. The predicted octanol–water partition coefficient (Wildman–Crippen LogP) is 7.27. The van der Waals surface area contributed by atoms with Gasteiger partial charge in [-0.2, -0.15) is 0 Å². The van der Waals surface area contributed by atoms with Gasteiger partial charge in [0.15, 0.2) is 6.04 Å². The van der Waals surface area contributed by atoms with Gasteiger partial charge in [-0.3, -0.25) is 9.89 Å². The number of carboxylic acid groups (broad SMARTS) is 1. The molecule has 1 aliphatic heterocycles. The third-order valence-electron chi connectivity index (χ3n) is 8.27. The molecule has 0 bridgehead atoms. The van der Waals surface area contributed by atoms with E-state index in [1.807, 2.05) is 60.7 Å². The van der Waals surface area contributed by atoms with Crippen LogP contribution in [0.25, 0.3) is 16.1 Å². The van der Waals surface area contributed by atoms with Crippen LogP contribution in [0.2, 0.25) is 0 Å². The summed E-state index contributed by atoms with van der Waals surface area (Å²) in [5, 5.41) is 26.8. The maximum Gasteiger partial charge on any atom is 0.328 e. The van der Waals surface area contributed by atoms with Gasteiger partial charge in [-0.05, 0) is 59.0 Å². The number of fused-ring (bicyclic) bond motifs is 1. The number of hydrogen-bond acceptors (Lipinski definition) is 5. The smallest absolute Gasteiger partial charge is 0.328 e. The molecule has 1 heterocycles. The van der Waals surface area contributed by atoms with E-state index in [4.69, 9.17) is 4.99 Å². The van der Waals surface area contributed by atoms with Crippen LogP contribution in [0.4, 0.5) is 5.69 Å². The van der Waals surface area contributed by atoms with Gasteiger partial charge >= 0.3 is 5.97 Å². The van der Waals surface area contributed by atoms with E-state index in [-0.39, 0.29) is 40.6 Å². The third kappa shape index (κ3) is 7.53. The number of likely N-dealkylation sites (tertiary alicyclic amines) is 1. The summed E-state index contributed by atoms with van der Waals surface area (Å²) in [6.45, 7) is 1.47. The molecule has 2 atom stereocenters. The van der Waals surface area contributed by atoms with Crippen molar-refractivity contribution in [2.24, 2.45) is 4.99 Å². The molecule has 1 aliphatic rings. The monoisotopic (exact) mass is 654 g/mol. The average Bonchev–Trinajstić information content (AvgIpc) is 3.53. The van der Waals surface area contributed by atoms with Crippen molar-refractivity contribution in [2.75, 3.05) is 6.54 Å². The van der Waals surface area contributed by atoms with Gasteiger partial charge in [0.25, 0.3) is 0 Å². The molecule has 0 aromatic heterocycles. The first-order valence-electron chi connectivity index (χ1n) is 15.2. The van der Waals surface area contributed by atoms with Crippen LogP contribution in [0.1, 0.15) is 35.1 Å². The number of aliphatic carboxylic acids is 1. The summed E-state index contributed by atoms with van der Waals surface area (Å²) in [4.78, 5) is 33.2. The number of aliphatic imine (C=N–C) groups is 1. The number of hydrogen-bond donors (Lipinski definition) is 2. The minimum Gasteiger partial charge on any atom is -0.625 e. The van der Waals surface area contributed by atoms with Crippen molar-refractivity contribution < 1.29 is 36.3 Å². The molecule has 1 unspecified atom stereocenters. The fraction of sp³-hybridized carbons (Fsp3) is 0.184. The Labute approximate surface area is 278 Å². The van der Waals surface area contributed by atoms with Gasteiger partial charge in [-0.15, -0.1) is 5.69 Å². The summed E-state index contributed by atoms with van der Waals surface area (Å²) < 4.78 is 0. The molecule has 5 aromatic rings. The molecule has 1 amide bonds. The molecule has 5 aromatic carbocycles. The van der Waals surface area contributed by atoms with Crippen LogP contribution in [0.3, 0.4) is 0 Å². The topological polar surface area (TPSA) is 104 Å². The number of phenolic OH excluding ortho intramolecular Hbond substituents is 1. The van der Waals surface area contributed by atoms with E-state index in [2.05, 4.69) is 40.5 Å². The number of nitrogens with zero attached hydrogens (tertiary/aromatic N) is 3. The normalized spacial score (nSPS) is 15.7. The van der Waals surface area contributed by atoms with E-state index in [9.17, 15) is 19.8 Å². The third-order valence-corrected chi connectivity index (χ3v) is 8.27. The second-order valence-corrected chi connectivity index (χ2v) is 11.3. The van der Waals surface area contributed by atoms with Gasteiger partial charge in [-0.1, -0.05) is 109 Å². The zero-order valence-corrected chi connectivity index (χ0v) is 26.1. The Balaban J connectivity index is 0.00000417. The Bertz CT molecular complexity index is 1840. The Hall–Kier alpha value is -4.78. The van der Waals surface area contributed by atoms with Crippen molar-refractivity contribution in [3.8, 4) is 5.75 Å². The van der Waals surface area contributed by atoms with Crippen LogP contribution in [0.15, 0.2) is 126 Å². The van der Waals surface area contributed by atoms with E-state index in [1.165, 1.54) is 28.5 Å². The maximum atomic E-state index is 13.8. The SMILES string of the molecule is O=C(O)C(Cc1ccc(O)cc1)N=C(c1ccccc1)c1ccccc1[N-]C(=O)[C@@H]1CCCN1Cc1cccc2ccccc12.[Ni]. The first-order valence-corrected chi connectivity index (χ1v) is 15.2. The number of carbonyl (C=O) groups is 2. The van der Waals surface area contributed by atoms with Crippen molar-refractivity contribution >= 4 is 34.0 Å². The average molecular weight is 655 g/mol. The molecular formula is C38H34N3NiO4-. The Morgan fingerprint density at radius 3 is 2.33 bits per heavy atom. The molecule has 0 radical (unpaired) electrons. The van der Waals surface area contributed by atoms with E-state index in [0.717, 1.165) is 30.5 Å². The van der Waals surface area contributed by atoms with Crippen LogP contribution >= 0.6 is 0 Å². The maximum absolute atomic E-state index is 13.8. The molecule has 1 fully saturated rings. The van der Waals surface area contributed by atoms with Crippen LogP contribution in [0.5, 0.6) is 5.75 Å². The Kier molecular flexibility index (Phi) is 10.6. The molecule has 0 spiro atoms. The quantitative estimate of drug-likeness (QED) is 0.122. The summed E-state index contributed by atoms with van der Waals surface area (Å²) in [5.74, 6) is -1.18. The summed E-state index contributed by atoms with van der Waals surface area (Å²) in [7, 11) is 0. The van der Waals surface area contributed by atoms with Gasteiger partial charge in [0.1, 0.15) is 5.75 Å². The largest absolute Gasteiger partial charge is 0.625 e. The second kappa shape index (κ2) is 15.0. The van der Waals surface area contributed by atoms with Crippen molar-refractivity contribution in [3.05, 3.63) is 149 Å². The molecule has 0 saturated carbocycles. The van der Waals surface area contributed by atoms with E-state index < -0.39 is 12.0 Å². The predicted molar refractivity (Wildman–Crippen MR) is 177 cm³/mol. The number of aromatic hydroxyl groups is 1. The number of phenols is 1. The van der Waals surface area contributed by atoms with Crippen molar-refractivity contribution in [2.45, 2.75) is 37.9 Å². The van der Waals surface area contributed by atoms with E-state index in [0.29, 0.717) is 23.5 Å². The molecule has 0 aliphatic carbocycles. The first-order chi connectivity index (χ1) is 22.0. The fourth-order valence-electron chi connectivity index (χ4n) is 6.00. The summed E-state index contributed by atoms with van der Waals surface area (Å²) in [6.07, 6.45) is 1.77. The van der Waals surface area contributed by atoms with Gasteiger partial charge in [0.2, 0.25) is 0 Å². The Morgan fingerprint density at radius 1 is 0.848 bits per heavy atom. The zero-order chi connectivity index (χ0) is 31.2. The summed E-state index contributed by atoms with van der Waals surface area (Å²) in [6, 6.07) is 36.2. The van der Waals surface area contributed by atoms with E-state index in [1.54, 1.807) is 18.2 Å². The standard InChI is InChI=1S/C38H35N3O4.Ni/c42-30-21-19-26(20-22-30)24-34(38(44)45)39-36(28-11-2-1-3-12-28)32-16-6-7-17-33(32)40-37(43)35-18-9-23-41(35)25-29-14-8-13-27-10-4-5-15-31(27)29;/h1-8,10-17,19-22,34-35H,9,18,23-25H2,(H3,39,40,42,43,44,45);/p-1/t34?,35-;/m0./s1. The molecular weight excluding hydrogens is 621 g/mol. The molecule has 8 heteroatoms. The minimum atomic E-state index is -1.10. The van der Waals surface area contributed by atoms with Crippen LogP contribution < -0.4 is 0 Å². The summed E-state index contributed by atoms with van der Waals surface area (Å²) in [5.41, 5.74) is 4.14. The molecule has 236 valence electrons. The van der Waals surface area contributed by atoms with Gasteiger partial charge < -0.3 is 20.3 Å². The molecule has 6 rings (SSSR count). The van der Waals surface area contributed by atoms with Crippen molar-refractivity contribution in [3.63, 3.8) is 0 Å². The number of amides is 1. The first kappa shape index (κ1) is 32.6. The summed E-state index contributed by atoms with van der Waals surface area (Å²) >= 11 is 0. The van der Waals surface area contributed by atoms with E-state index >= 15 is 0 Å².